The number of aliphatic hydroxyl groups excluding tert-OH is 2. The van der Waals surface area contributed by atoms with E-state index in [0.717, 1.165) is 35.2 Å². The highest BCUT2D eigenvalue weighted by atomic mass is 16.3. The number of hydrogen-bond donors (Lipinski definition) is 2. The predicted octanol–water partition coefficient (Wildman–Crippen LogP) is 3.45. The smallest absolute Gasteiger partial charge is 0.166 e. The fourth-order valence-electron chi connectivity index (χ4n) is 2.67. The molecule has 1 atom stereocenters. The molecule has 2 aromatic heterocycles. The first-order valence-corrected chi connectivity index (χ1v) is 8.39. The summed E-state index contributed by atoms with van der Waals surface area (Å²) >= 11 is 0. The Bertz CT molecular complexity index is 1100. The predicted molar refractivity (Wildman–Crippen MR) is 108 cm³/mol. The van der Waals surface area contributed by atoms with E-state index in [9.17, 15) is 9.90 Å². The Labute approximate surface area is 162 Å². The minimum Gasteiger partial charge on any atom is -0.400 e. The Morgan fingerprint density at radius 2 is 1.46 bits per heavy atom. The standard InChI is InChI=1S/C11H8N2O.C10H7NO.CH4O/c12-7-11(14)9-3-1-5-10-8(9)4-2-6-13-10;12-7-8-3-1-5-10-9(8)4-2-6-11-10;1-2/h1-6,11,14H;1-7H;2H,1H3. The van der Waals surface area contributed by atoms with E-state index in [1.165, 1.54) is 0 Å². The van der Waals surface area contributed by atoms with Crippen LogP contribution < -0.4 is 0 Å². The summed E-state index contributed by atoms with van der Waals surface area (Å²) in [4.78, 5) is 18.9. The highest BCUT2D eigenvalue weighted by molar-refractivity contribution is 5.96. The van der Waals surface area contributed by atoms with Crippen LogP contribution in [0.25, 0.3) is 21.8 Å². The Morgan fingerprint density at radius 3 is 2.07 bits per heavy atom. The molecule has 0 radical (unpaired) electrons. The number of carbonyl (C=O) groups is 1. The van der Waals surface area contributed by atoms with Crippen molar-refractivity contribution >= 4 is 28.1 Å². The average Bonchev–Trinajstić information content (AvgIpc) is 2.79. The second-order valence-corrected chi connectivity index (χ2v) is 5.48. The van der Waals surface area contributed by atoms with Gasteiger partial charge in [-0.1, -0.05) is 36.4 Å². The number of aromatic nitrogens is 2. The van der Waals surface area contributed by atoms with Crippen molar-refractivity contribution in [1.29, 1.82) is 5.26 Å². The van der Waals surface area contributed by atoms with Crippen LogP contribution in [0.2, 0.25) is 0 Å². The molecule has 2 aromatic carbocycles. The molecule has 0 saturated carbocycles. The van der Waals surface area contributed by atoms with Gasteiger partial charge in [-0.3, -0.25) is 14.8 Å². The summed E-state index contributed by atoms with van der Waals surface area (Å²) in [5.41, 5.74) is 2.96. The van der Waals surface area contributed by atoms with Gasteiger partial charge in [0.25, 0.3) is 0 Å². The molecule has 2 heterocycles. The number of aliphatic hydroxyl groups is 2. The molecule has 140 valence electrons. The third-order valence-corrected chi connectivity index (χ3v) is 3.90. The maximum Gasteiger partial charge on any atom is 0.166 e. The monoisotopic (exact) mass is 373 g/mol. The lowest BCUT2D eigenvalue weighted by Gasteiger charge is -2.05. The number of rotatable bonds is 2. The first-order valence-electron chi connectivity index (χ1n) is 8.39. The van der Waals surface area contributed by atoms with Gasteiger partial charge >= 0.3 is 0 Å². The van der Waals surface area contributed by atoms with Gasteiger partial charge in [0.15, 0.2) is 12.4 Å². The summed E-state index contributed by atoms with van der Waals surface area (Å²) < 4.78 is 0. The fraction of sp³-hybridized carbons (Fsp3) is 0.0909. The highest BCUT2D eigenvalue weighted by Gasteiger charge is 2.09. The quantitative estimate of drug-likeness (QED) is 0.412. The van der Waals surface area contributed by atoms with E-state index in [1.54, 1.807) is 42.7 Å². The molecule has 0 spiro atoms. The van der Waals surface area contributed by atoms with Gasteiger partial charge in [-0.05, 0) is 24.3 Å². The first-order chi connectivity index (χ1) is 13.7. The molecule has 4 rings (SSSR count). The lowest BCUT2D eigenvalue weighted by Crippen LogP contribution is -1.94. The summed E-state index contributed by atoms with van der Waals surface area (Å²) in [5.74, 6) is 0. The van der Waals surface area contributed by atoms with Gasteiger partial charge in [-0.25, -0.2) is 0 Å². The van der Waals surface area contributed by atoms with Crippen LogP contribution in [-0.4, -0.2) is 33.6 Å². The Morgan fingerprint density at radius 1 is 0.893 bits per heavy atom. The Kier molecular flexibility index (Phi) is 7.73. The SMILES string of the molecule is CO.N#CC(O)c1cccc2ncccc12.O=Cc1cccc2ncccc12. The van der Waals surface area contributed by atoms with E-state index in [4.69, 9.17) is 10.4 Å². The second kappa shape index (κ2) is 10.5. The summed E-state index contributed by atoms with van der Waals surface area (Å²) in [7, 11) is 1.00. The Balaban J connectivity index is 0.000000186. The molecule has 6 nitrogen and oxygen atoms in total. The van der Waals surface area contributed by atoms with Gasteiger partial charge in [0.1, 0.15) is 0 Å². The van der Waals surface area contributed by atoms with Gasteiger partial charge in [-0.15, -0.1) is 0 Å². The lowest BCUT2D eigenvalue weighted by molar-refractivity contribution is 0.112. The number of carbonyl (C=O) groups excluding carboxylic acids is 1. The molecular formula is C22H19N3O3. The van der Waals surface area contributed by atoms with Crippen LogP contribution in [0.1, 0.15) is 22.0 Å². The van der Waals surface area contributed by atoms with E-state index >= 15 is 0 Å². The van der Waals surface area contributed by atoms with Gasteiger partial charge in [-0.2, -0.15) is 5.26 Å². The molecule has 0 fully saturated rings. The maximum absolute atomic E-state index is 10.6. The summed E-state index contributed by atoms with van der Waals surface area (Å²) in [6, 6.07) is 20.0. The maximum atomic E-state index is 10.6. The van der Waals surface area contributed by atoms with E-state index in [1.807, 2.05) is 36.4 Å². The molecule has 0 bridgehead atoms. The van der Waals surface area contributed by atoms with E-state index in [0.29, 0.717) is 11.1 Å². The molecule has 0 aliphatic rings. The van der Waals surface area contributed by atoms with Crippen molar-refractivity contribution in [2.75, 3.05) is 7.11 Å². The van der Waals surface area contributed by atoms with Gasteiger partial charge in [0, 0.05) is 41.4 Å². The zero-order valence-electron chi connectivity index (χ0n) is 15.2. The van der Waals surface area contributed by atoms with Crippen LogP contribution in [0.3, 0.4) is 0 Å². The molecule has 0 aliphatic carbocycles. The largest absolute Gasteiger partial charge is 0.400 e. The van der Waals surface area contributed by atoms with E-state index in [-0.39, 0.29) is 0 Å². The molecular weight excluding hydrogens is 354 g/mol. The first kappa shape index (κ1) is 20.6. The number of hydrogen-bond acceptors (Lipinski definition) is 6. The van der Waals surface area contributed by atoms with Crippen LogP contribution in [0, 0.1) is 11.3 Å². The van der Waals surface area contributed by atoms with Crippen molar-refractivity contribution in [3.8, 4) is 6.07 Å². The molecule has 0 saturated heterocycles. The number of nitrogens with zero attached hydrogens (tertiary/aromatic N) is 3. The normalized spacial score (nSPS) is 10.6. The number of nitriles is 1. The average molecular weight is 373 g/mol. The highest BCUT2D eigenvalue weighted by Crippen LogP contribution is 2.22. The molecule has 0 amide bonds. The minimum absolute atomic E-state index is 0.609. The van der Waals surface area contributed by atoms with E-state index < -0.39 is 6.10 Å². The lowest BCUT2D eigenvalue weighted by atomic mass is 10.0. The number of aldehydes is 1. The molecule has 0 aliphatic heterocycles. The summed E-state index contributed by atoms with van der Waals surface area (Å²) in [6.45, 7) is 0. The van der Waals surface area contributed by atoms with E-state index in [2.05, 4.69) is 9.97 Å². The number of pyridine rings is 2. The Hall–Kier alpha value is -3.66. The zero-order chi connectivity index (χ0) is 20.4. The van der Waals surface area contributed by atoms with Crippen LogP contribution in [0.4, 0.5) is 0 Å². The van der Waals surface area contributed by atoms with Crippen molar-refractivity contribution in [2.24, 2.45) is 0 Å². The van der Waals surface area contributed by atoms with Crippen molar-refractivity contribution < 1.29 is 15.0 Å². The number of benzene rings is 2. The van der Waals surface area contributed by atoms with Crippen LogP contribution in [0.15, 0.2) is 73.1 Å². The second-order valence-electron chi connectivity index (χ2n) is 5.48. The molecule has 1 unspecified atom stereocenters. The van der Waals surface area contributed by atoms with Crippen LogP contribution >= 0.6 is 0 Å². The fourth-order valence-corrected chi connectivity index (χ4v) is 2.67. The van der Waals surface area contributed by atoms with Crippen LogP contribution in [0.5, 0.6) is 0 Å². The third kappa shape index (κ3) is 4.74. The van der Waals surface area contributed by atoms with Crippen molar-refractivity contribution in [3.05, 3.63) is 84.2 Å². The molecule has 28 heavy (non-hydrogen) atoms. The topological polar surface area (TPSA) is 107 Å². The molecule has 6 heteroatoms. The van der Waals surface area contributed by atoms with Gasteiger partial charge in [0.05, 0.1) is 17.1 Å². The molecule has 2 N–H and O–H groups in total. The molecule has 4 aromatic rings. The third-order valence-electron chi connectivity index (χ3n) is 3.90. The minimum atomic E-state index is -1.08. The van der Waals surface area contributed by atoms with Crippen molar-refractivity contribution in [2.45, 2.75) is 6.10 Å². The van der Waals surface area contributed by atoms with Gasteiger partial charge in [0.2, 0.25) is 0 Å². The van der Waals surface area contributed by atoms with Crippen molar-refractivity contribution in [3.63, 3.8) is 0 Å². The van der Waals surface area contributed by atoms with Crippen molar-refractivity contribution in [1.82, 2.24) is 9.97 Å². The zero-order valence-corrected chi connectivity index (χ0v) is 15.2. The summed E-state index contributed by atoms with van der Waals surface area (Å²) in [5, 5.41) is 26.8. The number of fused-ring (bicyclic) bond motifs is 2. The summed E-state index contributed by atoms with van der Waals surface area (Å²) in [6.07, 6.45) is 3.18. The van der Waals surface area contributed by atoms with Crippen LogP contribution in [-0.2, 0) is 0 Å². The van der Waals surface area contributed by atoms with Gasteiger partial charge < -0.3 is 10.2 Å².